The van der Waals surface area contributed by atoms with Crippen LogP contribution in [0.4, 0.5) is 0 Å². The molecule has 1 saturated heterocycles. The Morgan fingerprint density at radius 2 is 1.70 bits per heavy atom. The van der Waals surface area contributed by atoms with Gasteiger partial charge in [-0.2, -0.15) is 11.8 Å². The minimum absolute atomic E-state index is 0.344. The lowest BCUT2D eigenvalue weighted by molar-refractivity contribution is -0.139. The highest BCUT2D eigenvalue weighted by atomic mass is 32.2. The first-order chi connectivity index (χ1) is 21.0. The number of carbonyl (C=O) groups excluding carboxylic acids is 1. The molecule has 2 atom stereocenters. The van der Waals surface area contributed by atoms with Crippen LogP contribution in [0.3, 0.4) is 0 Å². The number of carbonyl (C=O) groups is 2. The highest BCUT2D eigenvalue weighted by Gasteiger charge is 2.30. The van der Waals surface area contributed by atoms with Gasteiger partial charge in [-0.1, -0.05) is 62.4 Å². The van der Waals surface area contributed by atoms with Crippen molar-refractivity contribution in [1.82, 2.24) is 10.2 Å². The first-order valence-electron chi connectivity index (χ1n) is 14.7. The average Bonchev–Trinajstić information content (AvgIpc) is 3.50. The standard InChI is InChI=1S/C25H32N2O5S2.C7H8O.C2H6/c1-17-6-4-5-7-20(17)22-14-18(15-27-12-10-19(16-27)34(3,31)32)8-9-21(22)24(28)26-23(25(29)30)11-13-33-2;1-8-7-5-3-2-4-6-7;1-2/h4-9,14,19,23H,10-13,15-16H2,1-3H3,(H,26,28)(H,29,30);2-6H,1H3;1-2H3. The Hall–Kier alpha value is -3.34. The van der Waals surface area contributed by atoms with Crippen LogP contribution in [0.1, 0.15) is 48.2 Å². The second-order valence-corrected chi connectivity index (χ2v) is 13.6. The lowest BCUT2D eigenvalue weighted by atomic mass is 9.93. The Bertz CT molecular complexity index is 1450. The van der Waals surface area contributed by atoms with Crippen molar-refractivity contribution in [2.45, 2.75) is 51.4 Å². The number of hydrogen-bond donors (Lipinski definition) is 2. The van der Waals surface area contributed by atoms with Crippen molar-refractivity contribution < 1.29 is 27.9 Å². The molecular formula is C34H46N2O6S2. The lowest BCUT2D eigenvalue weighted by Gasteiger charge is -2.20. The van der Waals surface area contributed by atoms with Gasteiger partial charge in [-0.3, -0.25) is 9.69 Å². The third kappa shape index (κ3) is 11.3. The molecule has 1 heterocycles. The molecule has 3 aromatic carbocycles. The fraction of sp³-hybridized carbons (Fsp3) is 0.412. The zero-order chi connectivity index (χ0) is 32.7. The van der Waals surface area contributed by atoms with E-state index in [1.165, 1.54) is 18.0 Å². The summed E-state index contributed by atoms with van der Waals surface area (Å²) in [6.45, 7) is 7.75. The predicted molar refractivity (Wildman–Crippen MR) is 181 cm³/mol. The van der Waals surface area contributed by atoms with Crippen LogP contribution in [0.2, 0.25) is 0 Å². The summed E-state index contributed by atoms with van der Waals surface area (Å²) in [5.41, 5.74) is 4.04. The molecule has 4 rings (SSSR count). The van der Waals surface area contributed by atoms with E-state index in [-0.39, 0.29) is 5.25 Å². The fourth-order valence-corrected chi connectivity index (χ4v) is 6.31. The maximum absolute atomic E-state index is 13.2. The normalized spacial score (nSPS) is 15.2. The molecule has 2 unspecified atom stereocenters. The van der Waals surface area contributed by atoms with E-state index in [0.717, 1.165) is 28.0 Å². The molecule has 0 aliphatic carbocycles. The quantitative estimate of drug-likeness (QED) is 0.264. The highest BCUT2D eigenvalue weighted by Crippen LogP contribution is 2.29. The molecule has 1 amide bonds. The largest absolute Gasteiger partial charge is 0.497 e. The SMILES string of the molecule is CC.COc1ccccc1.CSCCC(NC(=O)c1ccc(CN2CCC(S(C)(=O)=O)C2)cc1-c1ccccc1C)C(=O)O. The van der Waals surface area contributed by atoms with Gasteiger partial charge in [-0.05, 0) is 84.8 Å². The summed E-state index contributed by atoms with van der Waals surface area (Å²) in [5.74, 6) is 0.0700. The van der Waals surface area contributed by atoms with Crippen LogP contribution in [0.5, 0.6) is 5.75 Å². The molecular weight excluding hydrogens is 597 g/mol. The second-order valence-electron chi connectivity index (χ2n) is 10.3. The number of nitrogens with zero attached hydrogens (tertiary/aromatic N) is 1. The topological polar surface area (TPSA) is 113 Å². The number of aliphatic carboxylic acids is 1. The number of hydrogen-bond acceptors (Lipinski definition) is 7. The fourth-order valence-electron chi connectivity index (χ4n) is 4.82. The van der Waals surface area contributed by atoms with Crippen molar-refractivity contribution in [3.05, 3.63) is 89.5 Å². The number of aryl methyl sites for hydroxylation is 1. The molecule has 0 aromatic heterocycles. The molecule has 240 valence electrons. The van der Waals surface area contributed by atoms with Crippen LogP contribution in [0.15, 0.2) is 72.8 Å². The van der Waals surface area contributed by atoms with E-state index in [1.807, 2.05) is 93.8 Å². The van der Waals surface area contributed by atoms with E-state index in [2.05, 4.69) is 10.2 Å². The van der Waals surface area contributed by atoms with E-state index in [9.17, 15) is 23.1 Å². The smallest absolute Gasteiger partial charge is 0.326 e. The van der Waals surface area contributed by atoms with Crippen molar-refractivity contribution in [3.63, 3.8) is 0 Å². The molecule has 0 spiro atoms. The van der Waals surface area contributed by atoms with Gasteiger partial charge in [0.1, 0.15) is 11.8 Å². The Labute approximate surface area is 267 Å². The van der Waals surface area contributed by atoms with Crippen molar-refractivity contribution in [2.75, 3.05) is 38.5 Å². The third-order valence-electron chi connectivity index (χ3n) is 7.20. The summed E-state index contributed by atoms with van der Waals surface area (Å²) in [5, 5.41) is 11.9. The maximum Gasteiger partial charge on any atom is 0.326 e. The minimum atomic E-state index is -3.07. The maximum atomic E-state index is 13.2. The molecule has 10 heteroatoms. The van der Waals surface area contributed by atoms with Crippen LogP contribution in [-0.4, -0.2) is 80.1 Å². The summed E-state index contributed by atoms with van der Waals surface area (Å²) in [7, 11) is -1.41. The van der Waals surface area contributed by atoms with E-state index in [4.69, 9.17) is 4.74 Å². The number of para-hydroxylation sites is 1. The van der Waals surface area contributed by atoms with Crippen molar-refractivity contribution >= 4 is 33.5 Å². The molecule has 3 aromatic rings. The number of nitrogens with one attached hydrogen (secondary N) is 1. The first kappa shape index (κ1) is 36.8. The van der Waals surface area contributed by atoms with Gasteiger partial charge in [0.15, 0.2) is 9.84 Å². The molecule has 0 saturated carbocycles. The number of carboxylic acid groups (broad SMARTS) is 1. The molecule has 1 aliphatic rings. The molecule has 44 heavy (non-hydrogen) atoms. The molecule has 8 nitrogen and oxygen atoms in total. The van der Waals surface area contributed by atoms with Gasteiger partial charge in [0.05, 0.1) is 12.4 Å². The van der Waals surface area contributed by atoms with Crippen LogP contribution in [0.25, 0.3) is 11.1 Å². The van der Waals surface area contributed by atoms with Crippen molar-refractivity contribution in [3.8, 4) is 16.9 Å². The molecule has 2 N–H and O–H groups in total. The zero-order valence-electron chi connectivity index (χ0n) is 26.6. The highest BCUT2D eigenvalue weighted by molar-refractivity contribution is 7.98. The van der Waals surface area contributed by atoms with Crippen LogP contribution in [-0.2, 0) is 21.2 Å². The molecule has 1 aliphatic heterocycles. The van der Waals surface area contributed by atoms with Gasteiger partial charge in [-0.15, -0.1) is 0 Å². The summed E-state index contributed by atoms with van der Waals surface area (Å²) >= 11 is 1.53. The first-order valence-corrected chi connectivity index (χ1v) is 18.1. The Morgan fingerprint density at radius 3 is 2.25 bits per heavy atom. The van der Waals surface area contributed by atoms with Crippen LogP contribution >= 0.6 is 11.8 Å². The van der Waals surface area contributed by atoms with Crippen molar-refractivity contribution in [2.24, 2.45) is 0 Å². The molecule has 1 fully saturated rings. The number of methoxy groups -OCH3 is 1. The zero-order valence-corrected chi connectivity index (χ0v) is 28.2. The van der Waals surface area contributed by atoms with Gasteiger partial charge in [-0.25, -0.2) is 13.2 Å². The number of ether oxygens (including phenoxy) is 1. The number of sulfone groups is 1. The molecule has 0 radical (unpaired) electrons. The second kappa shape index (κ2) is 18.5. The monoisotopic (exact) mass is 642 g/mol. The van der Waals surface area contributed by atoms with E-state index >= 15 is 0 Å². The van der Waals surface area contributed by atoms with E-state index in [1.54, 1.807) is 13.2 Å². The summed E-state index contributed by atoms with van der Waals surface area (Å²) in [4.78, 5) is 26.9. The number of thioether (sulfide) groups is 1. The predicted octanol–water partition coefficient (Wildman–Crippen LogP) is 5.94. The Balaban J connectivity index is 0.000000577. The van der Waals surface area contributed by atoms with Crippen LogP contribution in [0, 0.1) is 6.92 Å². The summed E-state index contributed by atoms with van der Waals surface area (Å²) < 4.78 is 28.7. The summed E-state index contributed by atoms with van der Waals surface area (Å²) in [6, 6.07) is 22.0. The number of likely N-dealkylation sites (tertiary alicyclic amines) is 1. The summed E-state index contributed by atoms with van der Waals surface area (Å²) in [6.07, 6.45) is 4.15. The third-order valence-corrected chi connectivity index (χ3v) is 9.44. The van der Waals surface area contributed by atoms with Gasteiger partial charge in [0.2, 0.25) is 0 Å². The van der Waals surface area contributed by atoms with Gasteiger partial charge in [0, 0.05) is 24.9 Å². The van der Waals surface area contributed by atoms with Crippen molar-refractivity contribution in [1.29, 1.82) is 0 Å². The number of carboxylic acids is 1. The van der Waals surface area contributed by atoms with Gasteiger partial charge in [0.25, 0.3) is 5.91 Å². The van der Waals surface area contributed by atoms with E-state index in [0.29, 0.717) is 43.8 Å². The van der Waals surface area contributed by atoms with E-state index < -0.39 is 27.8 Å². The lowest BCUT2D eigenvalue weighted by Crippen LogP contribution is -2.41. The average molecular weight is 643 g/mol. The number of amides is 1. The number of benzene rings is 3. The van der Waals surface area contributed by atoms with Gasteiger partial charge >= 0.3 is 5.97 Å². The van der Waals surface area contributed by atoms with Gasteiger partial charge < -0.3 is 15.2 Å². The number of rotatable bonds is 11. The minimum Gasteiger partial charge on any atom is -0.497 e. The Kier molecular flexibility index (Phi) is 15.5. The molecule has 0 bridgehead atoms. The van der Waals surface area contributed by atoms with Crippen LogP contribution < -0.4 is 10.1 Å². The Morgan fingerprint density at radius 1 is 1.05 bits per heavy atom.